The number of amides is 1. The number of nitrogens with one attached hydrogen (secondary N) is 1. The first-order chi connectivity index (χ1) is 40.6. The summed E-state index contributed by atoms with van der Waals surface area (Å²) in [7, 11) is 0. The van der Waals surface area contributed by atoms with Gasteiger partial charge in [-0.15, -0.1) is 0 Å². The van der Waals surface area contributed by atoms with E-state index in [0.29, 0.717) is 12.8 Å². The summed E-state index contributed by atoms with van der Waals surface area (Å²) in [5, 5.41) is 87.4. The highest BCUT2D eigenvalue weighted by Gasteiger charge is 2.51. The third-order valence-corrected chi connectivity index (χ3v) is 15.9. The van der Waals surface area contributed by atoms with Crippen molar-refractivity contribution in [3.63, 3.8) is 0 Å². The van der Waals surface area contributed by atoms with Crippen LogP contribution < -0.4 is 5.32 Å². The van der Waals surface area contributed by atoms with Gasteiger partial charge in [-0.1, -0.05) is 259 Å². The summed E-state index contributed by atoms with van der Waals surface area (Å²) in [4.78, 5) is 13.3. The molecular formula is C69H121NO13. The second-order valence-corrected chi connectivity index (χ2v) is 23.2. The minimum atomic E-state index is -1.79. The molecule has 2 heterocycles. The van der Waals surface area contributed by atoms with Crippen molar-refractivity contribution in [3.8, 4) is 0 Å². The van der Waals surface area contributed by atoms with Crippen molar-refractivity contribution in [2.24, 2.45) is 0 Å². The summed E-state index contributed by atoms with van der Waals surface area (Å²) < 4.78 is 22.9. The van der Waals surface area contributed by atoms with E-state index in [-0.39, 0.29) is 12.5 Å². The smallest absolute Gasteiger partial charge is 0.220 e. The highest BCUT2D eigenvalue weighted by Crippen LogP contribution is 2.30. The topological polar surface area (TPSA) is 228 Å². The van der Waals surface area contributed by atoms with E-state index < -0.39 is 86.8 Å². The van der Waals surface area contributed by atoms with Gasteiger partial charge < -0.3 is 65.1 Å². The Morgan fingerprint density at radius 2 is 0.831 bits per heavy atom. The van der Waals surface area contributed by atoms with Gasteiger partial charge in [0.05, 0.1) is 32.0 Å². The van der Waals surface area contributed by atoms with Crippen LogP contribution in [-0.4, -0.2) is 140 Å². The summed E-state index contributed by atoms with van der Waals surface area (Å²) in [6, 6.07) is -0.835. The van der Waals surface area contributed by atoms with Crippen LogP contribution >= 0.6 is 0 Å². The first-order valence-corrected chi connectivity index (χ1v) is 33.3. The highest BCUT2D eigenvalue weighted by atomic mass is 16.7. The summed E-state index contributed by atoms with van der Waals surface area (Å²) in [6.45, 7) is 2.75. The van der Waals surface area contributed by atoms with Gasteiger partial charge in [0.25, 0.3) is 0 Å². The Labute approximate surface area is 503 Å². The molecule has 14 heteroatoms. The van der Waals surface area contributed by atoms with Crippen LogP contribution in [0.15, 0.2) is 85.1 Å². The van der Waals surface area contributed by atoms with E-state index in [4.69, 9.17) is 18.9 Å². The Balaban J connectivity index is 1.66. The van der Waals surface area contributed by atoms with Crippen molar-refractivity contribution >= 4 is 5.91 Å². The zero-order chi connectivity index (χ0) is 60.2. The zero-order valence-electron chi connectivity index (χ0n) is 51.9. The maximum absolute atomic E-state index is 13.3. The average molecular weight is 1170 g/mol. The molecule has 480 valence electrons. The van der Waals surface area contributed by atoms with E-state index in [9.17, 15) is 45.6 Å². The Hall–Kier alpha value is -2.83. The van der Waals surface area contributed by atoms with Crippen molar-refractivity contribution in [2.75, 3.05) is 19.8 Å². The van der Waals surface area contributed by atoms with E-state index in [1.54, 1.807) is 0 Å². The van der Waals surface area contributed by atoms with Crippen LogP contribution in [0.3, 0.4) is 0 Å². The predicted molar refractivity (Wildman–Crippen MR) is 336 cm³/mol. The minimum absolute atomic E-state index is 0.212. The number of rotatable bonds is 53. The quantitative estimate of drug-likeness (QED) is 0.0204. The third-order valence-electron chi connectivity index (χ3n) is 15.9. The fourth-order valence-electron chi connectivity index (χ4n) is 10.6. The molecule has 12 unspecified atom stereocenters. The number of aliphatic hydroxyl groups is 8. The lowest BCUT2D eigenvalue weighted by Gasteiger charge is -2.46. The SMILES string of the molecule is CC/C=C\C/C=C\C/C=C\C/C=C\C/C=C\C/C=C\C/C=C\CCCCCCCCCCCCCC(=O)NC(COC1OC(CO)C(OC2OC(CO)C(O)C(O)C2O)C(O)C1O)C(O)CCCCCCCCCCCCCCCCCC. The standard InChI is InChI=1S/C69H121NO13/c1-3-5-7-9-11-13-15-17-19-21-22-23-24-25-26-27-28-29-30-31-32-33-34-35-36-37-39-41-43-45-47-49-51-53-61(74)70-57(58(73)52-50-48-46-44-42-40-38-20-18-16-14-12-10-8-6-4-2)56-80-68-66(79)64(77)67(60(55-72)82-68)83-69-65(78)63(76)62(75)59(54-71)81-69/h5,7,11,13,17,19,22-23,25-26,28-29,31-32,57-60,62-69,71-73,75-79H,3-4,6,8-10,12,14-16,18,20-21,24,27,30,33-56H2,1-2H3,(H,70,74)/b7-5-,13-11-,19-17-,23-22-,26-25-,29-28-,32-31-. The van der Waals surface area contributed by atoms with Crippen LogP contribution in [0.25, 0.3) is 0 Å². The summed E-state index contributed by atoms with van der Waals surface area (Å²) in [5.41, 5.74) is 0. The van der Waals surface area contributed by atoms with Crippen LogP contribution in [0.5, 0.6) is 0 Å². The predicted octanol–water partition coefficient (Wildman–Crippen LogP) is 12.8. The van der Waals surface area contributed by atoms with Crippen molar-refractivity contribution in [1.82, 2.24) is 5.32 Å². The van der Waals surface area contributed by atoms with Crippen molar-refractivity contribution in [3.05, 3.63) is 85.1 Å². The molecule has 2 aliphatic rings. The van der Waals surface area contributed by atoms with E-state index in [1.807, 2.05) is 0 Å². The Morgan fingerprint density at radius 1 is 0.446 bits per heavy atom. The van der Waals surface area contributed by atoms with Gasteiger partial charge in [-0.3, -0.25) is 4.79 Å². The largest absolute Gasteiger partial charge is 0.394 e. The molecule has 1 amide bonds. The van der Waals surface area contributed by atoms with Crippen LogP contribution in [0.1, 0.15) is 251 Å². The Kier molecular flexibility index (Phi) is 49.1. The number of ether oxygens (including phenoxy) is 4. The second-order valence-electron chi connectivity index (χ2n) is 23.2. The molecular weight excluding hydrogens is 1050 g/mol. The van der Waals surface area contributed by atoms with E-state index >= 15 is 0 Å². The molecule has 2 rings (SSSR count). The zero-order valence-corrected chi connectivity index (χ0v) is 51.9. The lowest BCUT2D eigenvalue weighted by atomic mass is 9.97. The van der Waals surface area contributed by atoms with Crippen molar-refractivity contribution < 1.29 is 64.6 Å². The van der Waals surface area contributed by atoms with Gasteiger partial charge in [0.2, 0.25) is 5.91 Å². The number of carbonyl (C=O) groups excluding carboxylic acids is 1. The molecule has 9 N–H and O–H groups in total. The molecule has 2 aliphatic heterocycles. The third kappa shape index (κ3) is 38.1. The lowest BCUT2D eigenvalue weighted by Crippen LogP contribution is -2.65. The van der Waals surface area contributed by atoms with Gasteiger partial charge in [0.1, 0.15) is 48.8 Å². The number of carbonyl (C=O) groups is 1. The second kappa shape index (κ2) is 53.4. The number of hydrogen-bond acceptors (Lipinski definition) is 13. The van der Waals surface area contributed by atoms with Crippen molar-refractivity contribution in [2.45, 2.75) is 325 Å². The van der Waals surface area contributed by atoms with Crippen LogP contribution in [0, 0.1) is 0 Å². The van der Waals surface area contributed by atoms with Gasteiger partial charge in [0, 0.05) is 6.42 Å². The molecule has 12 atom stereocenters. The fraction of sp³-hybridized carbons (Fsp3) is 0.783. The van der Waals surface area contributed by atoms with Gasteiger partial charge >= 0.3 is 0 Å². The van der Waals surface area contributed by atoms with Gasteiger partial charge in [-0.2, -0.15) is 0 Å². The molecule has 0 saturated carbocycles. The maximum Gasteiger partial charge on any atom is 0.220 e. The summed E-state index contributed by atoms with van der Waals surface area (Å²) >= 11 is 0. The summed E-state index contributed by atoms with van der Waals surface area (Å²) in [5.74, 6) is -0.212. The first kappa shape index (κ1) is 76.3. The number of aliphatic hydroxyl groups excluding tert-OH is 8. The molecule has 0 aromatic heterocycles. The first-order valence-electron chi connectivity index (χ1n) is 33.3. The van der Waals surface area contributed by atoms with Gasteiger partial charge in [-0.05, 0) is 70.6 Å². The molecule has 0 spiro atoms. The summed E-state index contributed by atoms with van der Waals surface area (Å²) in [6.07, 6.45) is 55.8. The van der Waals surface area contributed by atoms with Gasteiger partial charge in [-0.25, -0.2) is 0 Å². The fourth-order valence-corrected chi connectivity index (χ4v) is 10.6. The molecule has 0 bridgehead atoms. The maximum atomic E-state index is 13.3. The molecule has 14 nitrogen and oxygen atoms in total. The monoisotopic (exact) mass is 1170 g/mol. The normalized spacial score (nSPS) is 24.4. The van der Waals surface area contributed by atoms with E-state index in [2.05, 4.69) is 104 Å². The number of hydrogen-bond donors (Lipinski definition) is 9. The van der Waals surface area contributed by atoms with Crippen molar-refractivity contribution in [1.29, 1.82) is 0 Å². The molecule has 83 heavy (non-hydrogen) atoms. The average Bonchev–Trinajstić information content (AvgIpc) is 3.63. The molecule has 2 fully saturated rings. The van der Waals surface area contributed by atoms with Crippen LogP contribution in [0.4, 0.5) is 0 Å². The lowest BCUT2D eigenvalue weighted by molar-refractivity contribution is -0.359. The number of allylic oxidation sites excluding steroid dienone is 14. The molecule has 0 aromatic rings. The van der Waals surface area contributed by atoms with Crippen LogP contribution in [0.2, 0.25) is 0 Å². The minimum Gasteiger partial charge on any atom is -0.394 e. The molecule has 2 saturated heterocycles. The Morgan fingerprint density at radius 3 is 1.28 bits per heavy atom. The molecule has 0 aliphatic carbocycles. The molecule has 0 aromatic carbocycles. The van der Waals surface area contributed by atoms with Crippen LogP contribution in [-0.2, 0) is 23.7 Å². The van der Waals surface area contributed by atoms with Gasteiger partial charge in [0.15, 0.2) is 12.6 Å². The van der Waals surface area contributed by atoms with E-state index in [1.165, 1.54) is 122 Å². The number of unbranched alkanes of at least 4 members (excludes halogenated alkanes) is 26. The Bertz CT molecular complexity index is 1710. The van der Waals surface area contributed by atoms with E-state index in [0.717, 1.165) is 103 Å². The molecule has 0 radical (unpaired) electrons. The highest BCUT2D eigenvalue weighted by molar-refractivity contribution is 5.76.